The molecule has 0 aliphatic heterocycles. The first-order chi connectivity index (χ1) is 13.1. The van der Waals surface area contributed by atoms with E-state index in [2.05, 4.69) is 45.5 Å². The predicted octanol–water partition coefficient (Wildman–Crippen LogP) is 5.10. The average molecular weight is 423 g/mol. The Kier molecular flexibility index (Phi) is 6.39. The number of amides is 1. The lowest BCUT2D eigenvalue weighted by Gasteiger charge is -2.07. The van der Waals surface area contributed by atoms with Gasteiger partial charge in [0.05, 0.1) is 6.21 Å². The standard InChI is InChI=1S/C22H19BrN2O2/c1-16-6-8-17(9-7-16)15-27-20-12-10-18(11-13-20)22(26)25-24-14-19-4-2-3-5-21(19)23/h2-14H,15H2,1H3,(H,25,26)/b24-14+. The van der Waals surface area contributed by atoms with Gasteiger partial charge in [-0.3, -0.25) is 4.79 Å². The van der Waals surface area contributed by atoms with E-state index in [-0.39, 0.29) is 5.91 Å². The largest absolute Gasteiger partial charge is 0.489 e. The van der Waals surface area contributed by atoms with Gasteiger partial charge < -0.3 is 4.74 Å². The molecule has 136 valence electrons. The van der Waals surface area contributed by atoms with Crippen molar-refractivity contribution in [3.63, 3.8) is 0 Å². The molecule has 0 saturated heterocycles. The molecule has 0 aliphatic rings. The Balaban J connectivity index is 1.54. The van der Waals surface area contributed by atoms with Crippen LogP contribution >= 0.6 is 15.9 Å². The summed E-state index contributed by atoms with van der Waals surface area (Å²) in [5.74, 6) is 0.437. The summed E-state index contributed by atoms with van der Waals surface area (Å²) >= 11 is 3.43. The van der Waals surface area contributed by atoms with Gasteiger partial charge in [0.1, 0.15) is 12.4 Å². The van der Waals surface area contributed by atoms with Crippen LogP contribution in [0.5, 0.6) is 5.75 Å². The van der Waals surface area contributed by atoms with E-state index >= 15 is 0 Å². The second-order valence-electron chi connectivity index (χ2n) is 6.02. The number of nitrogens with one attached hydrogen (secondary N) is 1. The summed E-state index contributed by atoms with van der Waals surface area (Å²) in [5.41, 5.74) is 6.25. The molecular formula is C22H19BrN2O2. The summed E-state index contributed by atoms with van der Waals surface area (Å²) in [7, 11) is 0. The molecule has 4 nitrogen and oxygen atoms in total. The number of halogens is 1. The fourth-order valence-electron chi connectivity index (χ4n) is 2.36. The van der Waals surface area contributed by atoms with Crippen molar-refractivity contribution in [1.29, 1.82) is 0 Å². The lowest BCUT2D eigenvalue weighted by molar-refractivity contribution is 0.0955. The van der Waals surface area contributed by atoms with Gasteiger partial charge in [0.15, 0.2) is 0 Å². The van der Waals surface area contributed by atoms with Crippen molar-refractivity contribution in [3.05, 3.63) is 99.5 Å². The van der Waals surface area contributed by atoms with E-state index in [1.54, 1.807) is 30.5 Å². The summed E-state index contributed by atoms with van der Waals surface area (Å²) in [6.45, 7) is 2.54. The van der Waals surface area contributed by atoms with Crippen LogP contribution in [0, 0.1) is 6.92 Å². The van der Waals surface area contributed by atoms with E-state index in [1.807, 2.05) is 36.4 Å². The summed E-state index contributed by atoms with van der Waals surface area (Å²) in [5, 5.41) is 4.00. The highest BCUT2D eigenvalue weighted by Gasteiger charge is 2.05. The minimum Gasteiger partial charge on any atom is -0.489 e. The van der Waals surface area contributed by atoms with Crippen molar-refractivity contribution in [2.45, 2.75) is 13.5 Å². The molecule has 0 bridgehead atoms. The quantitative estimate of drug-likeness (QED) is 0.443. The zero-order valence-electron chi connectivity index (χ0n) is 14.9. The Morgan fingerprint density at radius 1 is 1.04 bits per heavy atom. The summed E-state index contributed by atoms with van der Waals surface area (Å²) in [6.07, 6.45) is 1.60. The van der Waals surface area contributed by atoms with Crippen LogP contribution in [0.4, 0.5) is 0 Å². The van der Waals surface area contributed by atoms with Crippen molar-refractivity contribution >= 4 is 28.1 Å². The second-order valence-corrected chi connectivity index (χ2v) is 6.87. The number of carbonyl (C=O) groups is 1. The number of rotatable bonds is 6. The Hall–Kier alpha value is -2.92. The van der Waals surface area contributed by atoms with Crippen LogP contribution in [0.1, 0.15) is 27.0 Å². The van der Waals surface area contributed by atoms with E-state index in [4.69, 9.17) is 4.74 Å². The molecule has 0 fully saturated rings. The van der Waals surface area contributed by atoms with Crippen molar-refractivity contribution in [2.24, 2.45) is 5.10 Å². The zero-order chi connectivity index (χ0) is 19.1. The van der Waals surface area contributed by atoms with Gasteiger partial charge >= 0.3 is 0 Å². The number of aryl methyl sites for hydroxylation is 1. The maximum Gasteiger partial charge on any atom is 0.271 e. The molecule has 0 radical (unpaired) electrons. The molecule has 0 heterocycles. The minimum absolute atomic E-state index is 0.275. The van der Waals surface area contributed by atoms with Crippen LogP contribution in [0.15, 0.2) is 82.4 Å². The number of hydrazone groups is 1. The number of ether oxygens (including phenoxy) is 1. The Bertz CT molecular complexity index is 935. The Morgan fingerprint density at radius 2 is 1.74 bits per heavy atom. The van der Waals surface area contributed by atoms with Gasteiger partial charge in [-0.1, -0.05) is 64.0 Å². The van der Waals surface area contributed by atoms with Gasteiger partial charge in [0.25, 0.3) is 5.91 Å². The molecule has 3 aromatic rings. The first-order valence-electron chi connectivity index (χ1n) is 8.48. The van der Waals surface area contributed by atoms with Crippen molar-refractivity contribution in [1.82, 2.24) is 5.43 Å². The van der Waals surface area contributed by atoms with Crippen molar-refractivity contribution < 1.29 is 9.53 Å². The second kappa shape index (κ2) is 9.14. The van der Waals surface area contributed by atoms with E-state index < -0.39 is 0 Å². The summed E-state index contributed by atoms with van der Waals surface area (Å²) < 4.78 is 6.67. The molecule has 27 heavy (non-hydrogen) atoms. The first kappa shape index (κ1) is 18.9. The number of hydrogen-bond donors (Lipinski definition) is 1. The van der Waals surface area contributed by atoms with E-state index in [0.29, 0.717) is 17.9 Å². The van der Waals surface area contributed by atoms with E-state index in [9.17, 15) is 4.79 Å². The predicted molar refractivity (Wildman–Crippen MR) is 111 cm³/mol. The van der Waals surface area contributed by atoms with Gasteiger partial charge in [0, 0.05) is 15.6 Å². The van der Waals surface area contributed by atoms with Gasteiger partial charge in [0.2, 0.25) is 0 Å². The topological polar surface area (TPSA) is 50.7 Å². The summed E-state index contributed by atoms with van der Waals surface area (Å²) in [4.78, 5) is 12.2. The number of hydrogen-bond acceptors (Lipinski definition) is 3. The van der Waals surface area contributed by atoms with Crippen LogP contribution in [0.25, 0.3) is 0 Å². The van der Waals surface area contributed by atoms with Crippen LogP contribution in [0.3, 0.4) is 0 Å². The third kappa shape index (κ3) is 5.53. The van der Waals surface area contributed by atoms with Crippen LogP contribution < -0.4 is 10.2 Å². The molecular weight excluding hydrogens is 404 g/mol. The molecule has 0 aromatic heterocycles. The SMILES string of the molecule is Cc1ccc(COc2ccc(C(=O)N/N=C/c3ccccc3Br)cc2)cc1. The number of carbonyl (C=O) groups excluding carboxylic acids is 1. The Labute approximate surface area is 167 Å². The van der Waals surface area contributed by atoms with E-state index in [1.165, 1.54) is 5.56 Å². The van der Waals surface area contributed by atoms with E-state index in [0.717, 1.165) is 15.6 Å². The maximum atomic E-state index is 12.2. The molecule has 0 aliphatic carbocycles. The Morgan fingerprint density at radius 3 is 2.44 bits per heavy atom. The molecule has 0 spiro atoms. The van der Waals surface area contributed by atoms with Crippen molar-refractivity contribution in [3.8, 4) is 5.75 Å². The van der Waals surface area contributed by atoms with Gasteiger partial charge in [-0.15, -0.1) is 0 Å². The zero-order valence-corrected chi connectivity index (χ0v) is 16.4. The van der Waals surface area contributed by atoms with Crippen LogP contribution in [-0.2, 0) is 6.61 Å². The fourth-order valence-corrected chi connectivity index (χ4v) is 2.75. The molecule has 0 atom stereocenters. The van der Waals surface area contributed by atoms with Crippen LogP contribution in [-0.4, -0.2) is 12.1 Å². The lowest BCUT2D eigenvalue weighted by Crippen LogP contribution is -2.17. The van der Waals surface area contributed by atoms with Gasteiger partial charge in [-0.05, 0) is 42.8 Å². The first-order valence-corrected chi connectivity index (χ1v) is 9.27. The minimum atomic E-state index is -0.275. The normalized spacial score (nSPS) is 10.7. The molecule has 5 heteroatoms. The third-order valence-corrected chi connectivity index (χ3v) is 4.64. The van der Waals surface area contributed by atoms with Crippen molar-refractivity contribution in [2.75, 3.05) is 0 Å². The summed E-state index contributed by atoms with van der Waals surface area (Å²) in [6, 6.07) is 22.8. The highest BCUT2D eigenvalue weighted by Crippen LogP contribution is 2.15. The number of nitrogens with zero attached hydrogens (tertiary/aromatic N) is 1. The molecule has 0 saturated carbocycles. The molecule has 1 amide bonds. The number of benzene rings is 3. The maximum absolute atomic E-state index is 12.2. The van der Waals surface area contributed by atoms with Gasteiger partial charge in [-0.25, -0.2) is 5.43 Å². The highest BCUT2D eigenvalue weighted by molar-refractivity contribution is 9.10. The molecule has 3 rings (SSSR count). The average Bonchev–Trinajstić information content (AvgIpc) is 2.69. The fraction of sp³-hybridized carbons (Fsp3) is 0.0909. The highest BCUT2D eigenvalue weighted by atomic mass is 79.9. The molecule has 1 N–H and O–H groups in total. The molecule has 3 aromatic carbocycles. The third-order valence-electron chi connectivity index (χ3n) is 3.92. The molecule has 0 unspecified atom stereocenters. The lowest BCUT2D eigenvalue weighted by atomic mass is 10.2. The van der Waals surface area contributed by atoms with Gasteiger partial charge in [-0.2, -0.15) is 5.10 Å². The smallest absolute Gasteiger partial charge is 0.271 e. The monoisotopic (exact) mass is 422 g/mol. The van der Waals surface area contributed by atoms with Crippen LogP contribution in [0.2, 0.25) is 0 Å².